The van der Waals surface area contributed by atoms with E-state index in [4.69, 9.17) is 5.73 Å². The lowest BCUT2D eigenvalue weighted by molar-refractivity contribution is 0.276. The number of hydrogen-bond acceptors (Lipinski definition) is 3. The minimum Gasteiger partial charge on any atom is -0.377 e. The van der Waals surface area contributed by atoms with Crippen molar-refractivity contribution in [1.29, 1.82) is 0 Å². The van der Waals surface area contributed by atoms with Gasteiger partial charge < -0.3 is 11.1 Å². The van der Waals surface area contributed by atoms with E-state index in [0.29, 0.717) is 13.0 Å². The third-order valence-electron chi connectivity index (χ3n) is 1.55. The topological polar surface area (TPSA) is 55.1 Å². The summed E-state index contributed by atoms with van der Waals surface area (Å²) in [6, 6.07) is -0.544. The van der Waals surface area contributed by atoms with Gasteiger partial charge in [0.15, 0.2) is 6.17 Å². The molecule has 10 heavy (non-hydrogen) atoms. The third kappa shape index (κ3) is 1.17. The van der Waals surface area contributed by atoms with Crippen molar-refractivity contribution in [2.75, 3.05) is 6.54 Å². The van der Waals surface area contributed by atoms with E-state index >= 15 is 0 Å². The Morgan fingerprint density at radius 2 is 2.50 bits per heavy atom. The summed E-state index contributed by atoms with van der Waals surface area (Å²) in [5.41, 5.74) is 5.29. The molecule has 1 fully saturated rings. The number of halogens is 1. The number of piperidine rings is 1. The number of rotatable bonds is 0. The van der Waals surface area contributed by atoms with Crippen molar-refractivity contribution in [3.8, 4) is 0 Å². The van der Waals surface area contributed by atoms with Gasteiger partial charge in [0.25, 0.3) is 0 Å². The standard InChI is InChI=1S/C6H9FN2O/c7-6-4(8)1-2-9-5(6)3-10/h4,6,9H,1-2,8H2. The molecule has 2 unspecified atom stereocenters. The highest BCUT2D eigenvalue weighted by Gasteiger charge is 2.26. The summed E-state index contributed by atoms with van der Waals surface area (Å²) < 4.78 is 12.8. The second-order valence-corrected chi connectivity index (χ2v) is 2.30. The monoisotopic (exact) mass is 144 g/mol. The van der Waals surface area contributed by atoms with Crippen LogP contribution in [-0.2, 0) is 4.79 Å². The summed E-state index contributed by atoms with van der Waals surface area (Å²) >= 11 is 0. The van der Waals surface area contributed by atoms with Gasteiger partial charge in [-0.1, -0.05) is 0 Å². The second kappa shape index (κ2) is 2.82. The number of nitrogens with two attached hydrogens (primary N) is 1. The van der Waals surface area contributed by atoms with Crippen LogP contribution < -0.4 is 11.1 Å². The first-order valence-corrected chi connectivity index (χ1v) is 3.14. The van der Waals surface area contributed by atoms with Crippen LogP contribution in [0.1, 0.15) is 6.42 Å². The summed E-state index contributed by atoms with van der Waals surface area (Å²) in [6.45, 7) is 0.562. The Morgan fingerprint density at radius 3 is 3.00 bits per heavy atom. The second-order valence-electron chi connectivity index (χ2n) is 2.30. The first-order valence-electron chi connectivity index (χ1n) is 3.14. The molecule has 0 radical (unpaired) electrons. The SMILES string of the molecule is NC1CCNC(=C=O)C1F. The highest BCUT2D eigenvalue weighted by molar-refractivity contribution is 5.53. The van der Waals surface area contributed by atoms with Gasteiger partial charge >= 0.3 is 0 Å². The fraction of sp³-hybridized carbons (Fsp3) is 0.667. The van der Waals surface area contributed by atoms with Gasteiger partial charge in [0, 0.05) is 12.6 Å². The Bertz CT molecular complexity index is 177. The van der Waals surface area contributed by atoms with E-state index in [1.54, 1.807) is 0 Å². The van der Waals surface area contributed by atoms with Crippen LogP contribution in [0.2, 0.25) is 0 Å². The van der Waals surface area contributed by atoms with Crippen molar-refractivity contribution in [1.82, 2.24) is 5.32 Å². The molecular weight excluding hydrogens is 135 g/mol. The van der Waals surface area contributed by atoms with Crippen LogP contribution in [0.4, 0.5) is 4.39 Å². The van der Waals surface area contributed by atoms with E-state index in [0.717, 1.165) is 0 Å². The number of carbonyl (C=O) groups excluding carboxylic acids is 1. The lowest BCUT2D eigenvalue weighted by Gasteiger charge is -2.23. The van der Waals surface area contributed by atoms with E-state index in [-0.39, 0.29) is 5.70 Å². The van der Waals surface area contributed by atoms with Crippen LogP contribution in [0, 0.1) is 0 Å². The highest BCUT2D eigenvalue weighted by Crippen LogP contribution is 2.11. The molecule has 3 N–H and O–H groups in total. The molecule has 4 heteroatoms. The molecule has 56 valence electrons. The van der Waals surface area contributed by atoms with Crippen LogP contribution in [0.25, 0.3) is 0 Å². The molecule has 1 saturated heterocycles. The maximum atomic E-state index is 12.8. The molecule has 1 heterocycles. The van der Waals surface area contributed by atoms with Crippen molar-refractivity contribution in [2.24, 2.45) is 5.73 Å². The maximum Gasteiger partial charge on any atom is 0.165 e. The van der Waals surface area contributed by atoms with Gasteiger partial charge in [-0.15, -0.1) is 0 Å². The van der Waals surface area contributed by atoms with Gasteiger partial charge in [0.05, 0.1) is 0 Å². The fourth-order valence-corrected chi connectivity index (χ4v) is 0.924. The van der Waals surface area contributed by atoms with E-state index < -0.39 is 12.2 Å². The average Bonchev–Trinajstić information content (AvgIpc) is 1.95. The van der Waals surface area contributed by atoms with Crippen molar-refractivity contribution < 1.29 is 9.18 Å². The highest BCUT2D eigenvalue weighted by atomic mass is 19.1. The zero-order valence-corrected chi connectivity index (χ0v) is 5.43. The molecule has 3 nitrogen and oxygen atoms in total. The Balaban J connectivity index is 2.69. The first kappa shape index (κ1) is 7.25. The molecule has 1 aliphatic heterocycles. The van der Waals surface area contributed by atoms with Gasteiger partial charge in [-0.25, -0.2) is 9.18 Å². The normalized spacial score (nSPS) is 32.8. The van der Waals surface area contributed by atoms with Crippen molar-refractivity contribution in [3.63, 3.8) is 0 Å². The van der Waals surface area contributed by atoms with Crippen LogP contribution >= 0.6 is 0 Å². The Hall–Kier alpha value is -0.860. The summed E-state index contributed by atoms with van der Waals surface area (Å²) in [5.74, 6) is 1.48. The minimum atomic E-state index is -1.36. The summed E-state index contributed by atoms with van der Waals surface area (Å²) in [6.07, 6.45) is -0.793. The number of hydrogen-bond donors (Lipinski definition) is 2. The quantitative estimate of drug-likeness (QED) is 0.445. The smallest absolute Gasteiger partial charge is 0.165 e. The molecule has 0 amide bonds. The Labute approximate surface area is 58.1 Å². The van der Waals surface area contributed by atoms with Crippen LogP contribution in [-0.4, -0.2) is 24.7 Å². The molecule has 0 saturated carbocycles. The van der Waals surface area contributed by atoms with Crippen molar-refractivity contribution in [2.45, 2.75) is 18.6 Å². The lowest BCUT2D eigenvalue weighted by atomic mass is 10.0. The molecule has 0 spiro atoms. The first-order chi connectivity index (χ1) is 4.75. The van der Waals surface area contributed by atoms with E-state index in [1.807, 2.05) is 0 Å². The molecule has 1 rings (SSSR count). The van der Waals surface area contributed by atoms with Crippen molar-refractivity contribution in [3.05, 3.63) is 5.70 Å². The zero-order valence-electron chi connectivity index (χ0n) is 5.43. The summed E-state index contributed by atoms with van der Waals surface area (Å²) in [5, 5.41) is 2.59. The summed E-state index contributed by atoms with van der Waals surface area (Å²) in [7, 11) is 0. The Kier molecular flexibility index (Phi) is 2.04. The minimum absolute atomic E-state index is 0.0428. The lowest BCUT2D eigenvalue weighted by Crippen LogP contribution is -2.44. The Morgan fingerprint density at radius 1 is 1.80 bits per heavy atom. The van der Waals surface area contributed by atoms with E-state index in [1.165, 1.54) is 5.94 Å². The van der Waals surface area contributed by atoms with Gasteiger partial charge in [-0.2, -0.15) is 0 Å². The summed E-state index contributed by atoms with van der Waals surface area (Å²) in [4.78, 5) is 10.00. The molecular formula is C6H9FN2O. The average molecular weight is 144 g/mol. The number of alkyl halides is 1. The van der Waals surface area contributed by atoms with Crippen molar-refractivity contribution >= 4 is 5.94 Å². The van der Waals surface area contributed by atoms with E-state index in [2.05, 4.69) is 5.32 Å². The van der Waals surface area contributed by atoms with Gasteiger partial charge in [0.1, 0.15) is 11.6 Å². The van der Waals surface area contributed by atoms with Crippen LogP contribution in [0.5, 0.6) is 0 Å². The molecule has 0 aromatic heterocycles. The largest absolute Gasteiger partial charge is 0.377 e. The van der Waals surface area contributed by atoms with Gasteiger partial charge in [0.2, 0.25) is 0 Å². The fourth-order valence-electron chi connectivity index (χ4n) is 0.924. The molecule has 0 aromatic carbocycles. The molecule has 0 bridgehead atoms. The van der Waals surface area contributed by atoms with Crippen LogP contribution in [0.15, 0.2) is 5.70 Å². The number of nitrogens with one attached hydrogen (secondary N) is 1. The van der Waals surface area contributed by atoms with Gasteiger partial charge in [-0.05, 0) is 6.42 Å². The van der Waals surface area contributed by atoms with Crippen LogP contribution in [0.3, 0.4) is 0 Å². The molecule has 1 aliphatic rings. The molecule has 0 aromatic rings. The van der Waals surface area contributed by atoms with Gasteiger partial charge in [-0.3, -0.25) is 0 Å². The predicted octanol–water partition coefficient (Wildman–Crippen LogP) is -0.639. The zero-order chi connectivity index (χ0) is 7.56. The molecule has 2 atom stereocenters. The van der Waals surface area contributed by atoms with E-state index in [9.17, 15) is 9.18 Å². The maximum absolute atomic E-state index is 12.8. The predicted molar refractivity (Wildman–Crippen MR) is 34.7 cm³/mol. The molecule has 0 aliphatic carbocycles. The third-order valence-corrected chi connectivity index (χ3v) is 1.55.